The van der Waals surface area contributed by atoms with Crippen molar-refractivity contribution < 1.29 is 18.7 Å². The van der Waals surface area contributed by atoms with Crippen molar-refractivity contribution in [3.63, 3.8) is 0 Å². The van der Waals surface area contributed by atoms with E-state index in [-0.39, 0.29) is 11.7 Å². The molecule has 1 N–H and O–H groups in total. The van der Waals surface area contributed by atoms with Crippen LogP contribution in [0.4, 0.5) is 4.39 Å². The smallest absolute Gasteiger partial charge is 0.244 e. The maximum atomic E-state index is 14.8. The highest BCUT2D eigenvalue weighted by Gasteiger charge is 2.38. The van der Waals surface area contributed by atoms with Gasteiger partial charge < -0.3 is 19.7 Å². The van der Waals surface area contributed by atoms with Crippen molar-refractivity contribution >= 4 is 5.91 Å². The second-order valence-corrected chi connectivity index (χ2v) is 6.17. The number of likely N-dealkylation sites (N-methyl/N-ethyl adjacent to an activating group) is 1. The first-order valence-electron chi connectivity index (χ1n) is 8.02. The highest BCUT2D eigenvalue weighted by Crippen LogP contribution is 2.36. The number of carbonyl (C=O) groups is 1. The zero-order valence-electron chi connectivity index (χ0n) is 14.5. The summed E-state index contributed by atoms with van der Waals surface area (Å²) in [4.78, 5) is 14.3. The van der Waals surface area contributed by atoms with Crippen molar-refractivity contribution in [2.45, 2.75) is 18.4 Å². The molecule has 0 spiro atoms. The standard InChI is InChI=1S/C18H25FN2O3/c1-21(2)11-5-8-16(22)20-18(9-12-24-13-10-18)14-6-4-7-15(23-3)17(14)19/h4-8H,9-13H2,1-3H3,(H,20,22)/b8-5+. The summed E-state index contributed by atoms with van der Waals surface area (Å²) >= 11 is 0. The molecule has 0 aromatic heterocycles. The molecule has 1 saturated heterocycles. The zero-order valence-corrected chi connectivity index (χ0v) is 14.5. The first kappa shape index (κ1) is 18.4. The van der Waals surface area contributed by atoms with Crippen molar-refractivity contribution in [2.75, 3.05) is 41.0 Å². The molecule has 132 valence electrons. The molecular formula is C18H25FN2O3. The van der Waals surface area contributed by atoms with Crippen LogP contribution in [0.1, 0.15) is 18.4 Å². The van der Waals surface area contributed by atoms with Crippen LogP contribution in [0.25, 0.3) is 0 Å². The van der Waals surface area contributed by atoms with Crippen LogP contribution >= 0.6 is 0 Å². The Morgan fingerprint density at radius 2 is 2.12 bits per heavy atom. The molecule has 24 heavy (non-hydrogen) atoms. The molecule has 1 fully saturated rings. The van der Waals surface area contributed by atoms with Crippen LogP contribution in [0.3, 0.4) is 0 Å². The Kier molecular flexibility index (Phi) is 6.34. The van der Waals surface area contributed by atoms with Crippen molar-refractivity contribution in [3.8, 4) is 5.75 Å². The van der Waals surface area contributed by atoms with Crippen molar-refractivity contribution in [1.29, 1.82) is 0 Å². The fourth-order valence-electron chi connectivity index (χ4n) is 2.87. The van der Waals surface area contributed by atoms with Gasteiger partial charge >= 0.3 is 0 Å². The third kappa shape index (κ3) is 4.33. The summed E-state index contributed by atoms with van der Waals surface area (Å²) in [6.07, 6.45) is 4.31. The Labute approximate surface area is 142 Å². The molecular weight excluding hydrogens is 311 g/mol. The topological polar surface area (TPSA) is 50.8 Å². The number of rotatable bonds is 6. The molecule has 0 radical (unpaired) electrons. The lowest BCUT2D eigenvalue weighted by Gasteiger charge is -2.38. The molecule has 2 rings (SSSR count). The predicted molar refractivity (Wildman–Crippen MR) is 90.5 cm³/mol. The number of hydrogen-bond donors (Lipinski definition) is 1. The number of hydrogen-bond acceptors (Lipinski definition) is 4. The number of carbonyl (C=O) groups excluding carboxylic acids is 1. The number of nitrogens with one attached hydrogen (secondary N) is 1. The minimum absolute atomic E-state index is 0.177. The van der Waals surface area contributed by atoms with Gasteiger partial charge in [-0.3, -0.25) is 4.79 Å². The van der Waals surface area contributed by atoms with E-state index in [0.29, 0.717) is 38.2 Å². The van der Waals surface area contributed by atoms with Gasteiger partial charge in [0, 0.05) is 31.4 Å². The van der Waals surface area contributed by atoms with E-state index in [2.05, 4.69) is 5.32 Å². The first-order chi connectivity index (χ1) is 11.5. The van der Waals surface area contributed by atoms with Crippen LogP contribution in [0.15, 0.2) is 30.4 Å². The molecule has 1 aliphatic heterocycles. The van der Waals surface area contributed by atoms with E-state index in [0.717, 1.165) is 0 Å². The van der Waals surface area contributed by atoms with E-state index in [1.54, 1.807) is 24.3 Å². The van der Waals surface area contributed by atoms with Crippen LogP contribution in [0.5, 0.6) is 5.75 Å². The third-order valence-electron chi connectivity index (χ3n) is 4.15. The minimum Gasteiger partial charge on any atom is -0.494 e. The highest BCUT2D eigenvalue weighted by molar-refractivity contribution is 5.88. The summed E-state index contributed by atoms with van der Waals surface area (Å²) in [7, 11) is 5.28. The Bertz CT molecular complexity index is 596. The van der Waals surface area contributed by atoms with E-state index in [4.69, 9.17) is 9.47 Å². The van der Waals surface area contributed by atoms with Gasteiger partial charge in [-0.2, -0.15) is 0 Å². The molecule has 5 nitrogen and oxygen atoms in total. The second-order valence-electron chi connectivity index (χ2n) is 6.17. The molecule has 0 bridgehead atoms. The van der Waals surface area contributed by atoms with Gasteiger partial charge in [-0.15, -0.1) is 0 Å². The molecule has 0 aliphatic carbocycles. The number of methoxy groups -OCH3 is 1. The van der Waals surface area contributed by atoms with Gasteiger partial charge in [0.1, 0.15) is 0 Å². The lowest BCUT2D eigenvalue weighted by molar-refractivity contribution is -0.119. The fourth-order valence-corrected chi connectivity index (χ4v) is 2.87. The van der Waals surface area contributed by atoms with Gasteiger partial charge in [0.05, 0.1) is 12.6 Å². The fraction of sp³-hybridized carbons (Fsp3) is 0.500. The Hall–Kier alpha value is -1.92. The number of amides is 1. The summed E-state index contributed by atoms with van der Waals surface area (Å²) in [5.41, 5.74) is -0.337. The van der Waals surface area contributed by atoms with Crippen LogP contribution < -0.4 is 10.1 Å². The summed E-state index contributed by atoms with van der Waals surface area (Å²) in [5, 5.41) is 2.99. The summed E-state index contributed by atoms with van der Waals surface area (Å²) in [6, 6.07) is 5.01. The normalized spacial score (nSPS) is 17.2. The van der Waals surface area contributed by atoms with Gasteiger partial charge in [0.15, 0.2) is 11.6 Å². The van der Waals surface area contributed by atoms with Crippen LogP contribution in [-0.4, -0.2) is 51.8 Å². The summed E-state index contributed by atoms with van der Waals surface area (Å²) in [5.74, 6) is -0.490. The number of ether oxygens (including phenoxy) is 2. The molecule has 1 heterocycles. The predicted octanol–water partition coefficient (Wildman–Crippen LogP) is 2.07. The van der Waals surface area contributed by atoms with Crippen LogP contribution in [-0.2, 0) is 15.1 Å². The van der Waals surface area contributed by atoms with E-state index in [9.17, 15) is 9.18 Å². The molecule has 0 atom stereocenters. The number of halogens is 1. The Morgan fingerprint density at radius 1 is 1.42 bits per heavy atom. The monoisotopic (exact) mass is 336 g/mol. The zero-order chi connectivity index (χ0) is 17.6. The summed E-state index contributed by atoms with van der Waals surface area (Å²) in [6.45, 7) is 1.60. The minimum atomic E-state index is -0.781. The molecule has 1 aromatic rings. The van der Waals surface area contributed by atoms with Gasteiger partial charge in [-0.25, -0.2) is 4.39 Å². The first-order valence-corrected chi connectivity index (χ1v) is 8.02. The summed E-state index contributed by atoms with van der Waals surface area (Å²) < 4.78 is 25.3. The third-order valence-corrected chi connectivity index (χ3v) is 4.15. The van der Waals surface area contributed by atoms with E-state index in [1.165, 1.54) is 13.2 Å². The number of nitrogens with zero attached hydrogens (tertiary/aromatic N) is 1. The van der Waals surface area contributed by atoms with E-state index >= 15 is 0 Å². The number of benzene rings is 1. The van der Waals surface area contributed by atoms with Gasteiger partial charge in [-0.05, 0) is 33.0 Å². The van der Waals surface area contributed by atoms with E-state index < -0.39 is 11.4 Å². The molecule has 1 aliphatic rings. The van der Waals surface area contributed by atoms with E-state index in [1.807, 2.05) is 19.0 Å². The average molecular weight is 336 g/mol. The van der Waals surface area contributed by atoms with Crippen molar-refractivity contribution in [3.05, 3.63) is 41.7 Å². The lowest BCUT2D eigenvalue weighted by atomic mass is 9.82. The van der Waals surface area contributed by atoms with Gasteiger partial charge in [-0.1, -0.05) is 18.2 Å². The molecule has 1 amide bonds. The largest absolute Gasteiger partial charge is 0.494 e. The van der Waals surface area contributed by atoms with Gasteiger partial charge in [0.2, 0.25) is 5.91 Å². The molecule has 6 heteroatoms. The molecule has 1 aromatic carbocycles. The average Bonchev–Trinajstić information content (AvgIpc) is 2.55. The maximum Gasteiger partial charge on any atom is 0.244 e. The quantitative estimate of drug-likeness (QED) is 0.808. The van der Waals surface area contributed by atoms with Crippen LogP contribution in [0, 0.1) is 5.82 Å². The van der Waals surface area contributed by atoms with Crippen LogP contribution in [0.2, 0.25) is 0 Å². The molecule has 0 unspecified atom stereocenters. The Balaban J connectivity index is 2.27. The lowest BCUT2D eigenvalue weighted by Crippen LogP contribution is -2.49. The van der Waals surface area contributed by atoms with Gasteiger partial charge in [0.25, 0.3) is 0 Å². The molecule has 0 saturated carbocycles. The Morgan fingerprint density at radius 3 is 2.75 bits per heavy atom. The van der Waals surface area contributed by atoms with Crippen molar-refractivity contribution in [1.82, 2.24) is 10.2 Å². The second kappa shape index (κ2) is 8.26. The maximum absolute atomic E-state index is 14.8. The van der Waals surface area contributed by atoms with Crippen molar-refractivity contribution in [2.24, 2.45) is 0 Å². The highest BCUT2D eigenvalue weighted by atomic mass is 19.1. The SMILES string of the molecule is COc1cccc(C2(NC(=O)/C=C/CN(C)C)CCOCC2)c1F.